The summed E-state index contributed by atoms with van der Waals surface area (Å²) in [4.78, 5) is 45.9. The maximum Gasteiger partial charge on any atom is 0.355 e. The van der Waals surface area contributed by atoms with Gasteiger partial charge in [0.05, 0.1) is 19.5 Å². The second-order valence-electron chi connectivity index (χ2n) is 8.76. The average Bonchev–Trinajstić information content (AvgIpc) is 3.67. The first-order valence-electron chi connectivity index (χ1n) is 12.1. The first-order chi connectivity index (χ1) is 18.5. The molecule has 0 spiro atoms. The van der Waals surface area contributed by atoms with E-state index in [0.717, 1.165) is 24.0 Å². The number of esters is 1. The van der Waals surface area contributed by atoms with E-state index < -0.39 is 29.2 Å². The summed E-state index contributed by atoms with van der Waals surface area (Å²) < 4.78 is 21.9. The molecule has 12 heteroatoms. The molecular formula is C26H27N3O8S. The Balaban J connectivity index is 1.33. The zero-order valence-electron chi connectivity index (χ0n) is 20.9. The van der Waals surface area contributed by atoms with Crippen molar-refractivity contribution in [2.24, 2.45) is 5.16 Å². The van der Waals surface area contributed by atoms with Crippen molar-refractivity contribution in [2.45, 2.75) is 37.0 Å². The van der Waals surface area contributed by atoms with Crippen LogP contribution in [0.3, 0.4) is 0 Å². The number of nitrogens with zero attached hydrogens (tertiary/aromatic N) is 2. The lowest BCUT2D eigenvalue weighted by Gasteiger charge is -2.50. The topological polar surface area (TPSA) is 129 Å². The van der Waals surface area contributed by atoms with E-state index in [1.807, 2.05) is 0 Å². The van der Waals surface area contributed by atoms with Gasteiger partial charge in [0.2, 0.25) is 5.71 Å². The summed E-state index contributed by atoms with van der Waals surface area (Å²) in [5, 5.41) is 5.98. The van der Waals surface area contributed by atoms with Gasteiger partial charge in [0.1, 0.15) is 36.6 Å². The minimum Gasteiger partial charge on any atom is -0.497 e. The van der Waals surface area contributed by atoms with E-state index in [-0.39, 0.29) is 29.9 Å². The summed E-state index contributed by atoms with van der Waals surface area (Å²) in [6, 6.07) is 9.49. The minimum atomic E-state index is -0.861. The summed E-state index contributed by atoms with van der Waals surface area (Å²) in [5.41, 5.74) is 1.61. The molecule has 3 aliphatic heterocycles. The van der Waals surface area contributed by atoms with Gasteiger partial charge in [0, 0.05) is 12.4 Å². The number of benzene rings is 1. The summed E-state index contributed by atoms with van der Waals surface area (Å²) in [5.74, 6) is -0.285. The van der Waals surface area contributed by atoms with Gasteiger partial charge in [-0.25, -0.2) is 4.79 Å². The number of carbonyl (C=O) groups excluding carboxylic acids is 3. The van der Waals surface area contributed by atoms with Crippen LogP contribution in [0.2, 0.25) is 0 Å². The molecule has 0 aliphatic carbocycles. The fraction of sp³-hybridized carbons (Fsp3) is 0.385. The molecule has 2 saturated heterocycles. The molecule has 2 fully saturated rings. The van der Waals surface area contributed by atoms with Gasteiger partial charge >= 0.3 is 5.97 Å². The van der Waals surface area contributed by atoms with Gasteiger partial charge in [0.25, 0.3) is 11.8 Å². The molecule has 2 amide bonds. The van der Waals surface area contributed by atoms with Gasteiger partial charge in [-0.3, -0.25) is 14.5 Å². The van der Waals surface area contributed by atoms with Crippen molar-refractivity contribution in [3.05, 3.63) is 65.3 Å². The van der Waals surface area contributed by atoms with Crippen LogP contribution in [-0.4, -0.2) is 72.5 Å². The second kappa shape index (κ2) is 11.3. The van der Waals surface area contributed by atoms with Crippen molar-refractivity contribution >= 4 is 35.3 Å². The molecule has 11 nitrogen and oxygen atoms in total. The third-order valence-corrected chi connectivity index (χ3v) is 7.78. The number of thioether (sulfide) groups is 1. The standard InChI is InChI=1S/C26H27N3O8S/c1-33-16-9-7-15(8-10-16)13-37-26(32)22-17(18-5-3-11-35-18)14-38-25-21(24(31)29(22)25)27-23(30)20(28-34-2)19-6-4-12-36-19/h4,6-10,12,18,21,25H,3,5,11,13-14H2,1-2H3,(H,27,30)/b28-20-/t18-,21+,25+/m0/s1. The highest BCUT2D eigenvalue weighted by molar-refractivity contribution is 8.00. The van der Waals surface area contributed by atoms with Crippen molar-refractivity contribution in [3.63, 3.8) is 0 Å². The van der Waals surface area contributed by atoms with Crippen molar-refractivity contribution in [2.75, 3.05) is 26.6 Å². The number of furan rings is 1. The third kappa shape index (κ3) is 5.01. The van der Waals surface area contributed by atoms with Gasteiger partial charge in [0.15, 0.2) is 5.76 Å². The molecule has 0 radical (unpaired) electrons. The Morgan fingerprint density at radius 1 is 1.21 bits per heavy atom. The van der Waals surface area contributed by atoms with Crippen LogP contribution < -0.4 is 10.1 Å². The van der Waals surface area contributed by atoms with E-state index in [0.29, 0.717) is 18.1 Å². The molecule has 3 aliphatic rings. The van der Waals surface area contributed by atoms with E-state index in [1.165, 1.54) is 30.0 Å². The quantitative estimate of drug-likeness (QED) is 0.220. The first-order valence-corrected chi connectivity index (χ1v) is 13.1. The number of fused-ring (bicyclic) bond motifs is 1. The number of amides is 2. The Bertz CT molecular complexity index is 1250. The van der Waals surface area contributed by atoms with Crippen LogP contribution in [0.1, 0.15) is 24.2 Å². The predicted octanol–water partition coefficient (Wildman–Crippen LogP) is 2.22. The maximum absolute atomic E-state index is 13.4. The number of β-lactam (4-membered cyclic amide) rings is 1. The van der Waals surface area contributed by atoms with Gasteiger partial charge < -0.3 is 28.8 Å². The monoisotopic (exact) mass is 541 g/mol. The van der Waals surface area contributed by atoms with Gasteiger partial charge in [-0.15, -0.1) is 11.8 Å². The zero-order chi connectivity index (χ0) is 26.6. The Labute approximate surface area is 223 Å². The number of hydrogen-bond donors (Lipinski definition) is 1. The van der Waals surface area contributed by atoms with Gasteiger partial charge in [-0.05, 0) is 48.2 Å². The van der Waals surface area contributed by atoms with E-state index in [2.05, 4.69) is 10.5 Å². The summed E-state index contributed by atoms with van der Waals surface area (Å²) in [6.45, 7) is 0.628. The number of methoxy groups -OCH3 is 1. The number of ether oxygens (including phenoxy) is 3. The lowest BCUT2D eigenvalue weighted by atomic mass is 9.99. The molecule has 0 unspecified atom stereocenters. The molecule has 0 saturated carbocycles. The highest BCUT2D eigenvalue weighted by atomic mass is 32.2. The van der Waals surface area contributed by atoms with Crippen LogP contribution in [-0.2, 0) is 35.3 Å². The molecule has 4 heterocycles. The average molecular weight is 542 g/mol. The van der Waals surface area contributed by atoms with Crippen LogP contribution in [0, 0.1) is 0 Å². The van der Waals surface area contributed by atoms with Crippen LogP contribution >= 0.6 is 11.8 Å². The molecule has 5 rings (SSSR count). The van der Waals surface area contributed by atoms with Crippen molar-refractivity contribution in [3.8, 4) is 5.75 Å². The largest absolute Gasteiger partial charge is 0.497 e. The van der Waals surface area contributed by atoms with E-state index in [1.54, 1.807) is 43.5 Å². The van der Waals surface area contributed by atoms with Gasteiger partial charge in [-0.1, -0.05) is 17.3 Å². The van der Waals surface area contributed by atoms with Crippen LogP contribution in [0.4, 0.5) is 0 Å². The fourth-order valence-corrected chi connectivity index (χ4v) is 5.99. The highest BCUT2D eigenvalue weighted by Crippen LogP contribution is 2.43. The van der Waals surface area contributed by atoms with Crippen LogP contribution in [0.25, 0.3) is 0 Å². The molecule has 2 aromatic rings. The van der Waals surface area contributed by atoms with E-state index >= 15 is 0 Å². The number of carbonyl (C=O) groups is 3. The second-order valence-corrected chi connectivity index (χ2v) is 9.87. The fourth-order valence-electron chi connectivity index (χ4n) is 4.58. The predicted molar refractivity (Wildman–Crippen MR) is 136 cm³/mol. The molecule has 1 N–H and O–H groups in total. The molecule has 3 atom stereocenters. The van der Waals surface area contributed by atoms with Crippen molar-refractivity contribution in [1.29, 1.82) is 0 Å². The molecule has 38 heavy (non-hydrogen) atoms. The Hall–Kier alpha value is -3.77. The Morgan fingerprint density at radius 3 is 2.68 bits per heavy atom. The molecule has 200 valence electrons. The third-order valence-electron chi connectivity index (χ3n) is 6.48. The number of rotatable bonds is 9. The van der Waals surface area contributed by atoms with E-state index in [9.17, 15) is 14.4 Å². The molecule has 1 aromatic carbocycles. The normalized spacial score (nSPS) is 23.0. The maximum atomic E-state index is 13.4. The number of oxime groups is 1. The highest BCUT2D eigenvalue weighted by Gasteiger charge is 2.55. The molecule has 0 bridgehead atoms. The zero-order valence-corrected chi connectivity index (χ0v) is 21.7. The van der Waals surface area contributed by atoms with Gasteiger partial charge in [-0.2, -0.15) is 0 Å². The molecular weight excluding hydrogens is 514 g/mol. The van der Waals surface area contributed by atoms with E-state index in [4.69, 9.17) is 23.5 Å². The SMILES string of the molecule is CO/N=C(\C(=O)N[C@@H]1C(=O)N2C(C(=O)OCc3ccc(OC)cc3)=C([C@@H]3CCCO3)CS[C@H]12)c1ccco1. The smallest absolute Gasteiger partial charge is 0.355 e. The lowest BCUT2D eigenvalue weighted by Crippen LogP contribution is -2.71. The first kappa shape index (κ1) is 25.9. The number of nitrogens with one attached hydrogen (secondary N) is 1. The summed E-state index contributed by atoms with van der Waals surface area (Å²) >= 11 is 1.46. The number of hydrogen-bond acceptors (Lipinski definition) is 10. The Kier molecular flexibility index (Phi) is 7.70. The lowest BCUT2D eigenvalue weighted by molar-refractivity contribution is -0.153. The molecule has 1 aromatic heterocycles. The van der Waals surface area contributed by atoms with Crippen LogP contribution in [0.15, 0.2) is 63.5 Å². The summed E-state index contributed by atoms with van der Waals surface area (Å²) in [7, 11) is 2.89. The van der Waals surface area contributed by atoms with Crippen molar-refractivity contribution < 1.29 is 37.8 Å². The Morgan fingerprint density at radius 2 is 2.03 bits per heavy atom. The van der Waals surface area contributed by atoms with Crippen LogP contribution in [0.5, 0.6) is 5.75 Å². The van der Waals surface area contributed by atoms with Crippen molar-refractivity contribution in [1.82, 2.24) is 10.2 Å². The summed E-state index contributed by atoms with van der Waals surface area (Å²) in [6.07, 6.45) is 2.78. The minimum absolute atomic E-state index is 0.0329.